The van der Waals surface area contributed by atoms with E-state index in [0.29, 0.717) is 6.54 Å². The monoisotopic (exact) mass is 337 g/mol. The zero-order valence-electron chi connectivity index (χ0n) is 11.8. The molecule has 1 aromatic carbocycles. The van der Waals surface area contributed by atoms with Gasteiger partial charge in [-0.05, 0) is 40.9 Å². The van der Waals surface area contributed by atoms with E-state index >= 15 is 0 Å². The van der Waals surface area contributed by atoms with Gasteiger partial charge >= 0.3 is 0 Å². The number of benzene rings is 1. The third-order valence-corrected chi connectivity index (χ3v) is 3.68. The summed E-state index contributed by atoms with van der Waals surface area (Å²) in [4.78, 5) is 0. The zero-order chi connectivity index (χ0) is 14.5. The summed E-state index contributed by atoms with van der Waals surface area (Å²) in [6, 6.07) is 8.16. The van der Waals surface area contributed by atoms with Gasteiger partial charge in [0.25, 0.3) is 0 Å². The van der Waals surface area contributed by atoms with Gasteiger partial charge in [-0.25, -0.2) is 0 Å². The summed E-state index contributed by atoms with van der Waals surface area (Å²) in [5, 5.41) is 17.8. The molecule has 0 aliphatic carbocycles. The fraction of sp³-hybridized carbons (Fsp3) is 0.400. The van der Waals surface area contributed by atoms with Gasteiger partial charge in [0.1, 0.15) is 0 Å². The molecule has 0 saturated heterocycles. The van der Waals surface area contributed by atoms with Gasteiger partial charge in [-0.1, -0.05) is 24.3 Å². The van der Waals surface area contributed by atoms with Crippen LogP contribution in [0.25, 0.3) is 0 Å². The lowest BCUT2D eigenvalue weighted by Gasteiger charge is -2.18. The molecule has 0 saturated carbocycles. The maximum Gasteiger partial charge on any atom is 0.0917 e. The van der Waals surface area contributed by atoms with Gasteiger partial charge in [-0.2, -0.15) is 5.10 Å². The Morgan fingerprint density at radius 1 is 1.40 bits per heavy atom. The lowest BCUT2D eigenvalue weighted by molar-refractivity contribution is 0.168. The molecule has 5 heteroatoms. The van der Waals surface area contributed by atoms with E-state index in [0.717, 1.165) is 22.1 Å². The molecule has 108 valence electrons. The van der Waals surface area contributed by atoms with E-state index in [9.17, 15) is 5.11 Å². The van der Waals surface area contributed by atoms with Crippen LogP contribution < -0.4 is 5.32 Å². The van der Waals surface area contributed by atoms with E-state index < -0.39 is 6.10 Å². The van der Waals surface area contributed by atoms with Crippen LogP contribution in [0, 0.1) is 6.92 Å². The average Bonchev–Trinajstić information content (AvgIpc) is 2.82. The first-order valence-corrected chi connectivity index (χ1v) is 7.50. The van der Waals surface area contributed by atoms with Crippen LogP contribution in [0.15, 0.2) is 41.1 Å². The van der Waals surface area contributed by atoms with Crippen molar-refractivity contribution in [1.82, 2.24) is 15.1 Å². The Morgan fingerprint density at radius 3 is 2.80 bits per heavy atom. The van der Waals surface area contributed by atoms with Gasteiger partial charge in [0.15, 0.2) is 0 Å². The normalized spacial score (nSPS) is 14.2. The zero-order valence-corrected chi connectivity index (χ0v) is 13.3. The number of hydrogen-bond acceptors (Lipinski definition) is 3. The van der Waals surface area contributed by atoms with Gasteiger partial charge in [-0.15, -0.1) is 0 Å². The number of nitrogens with one attached hydrogen (secondary N) is 1. The summed E-state index contributed by atoms with van der Waals surface area (Å²) < 4.78 is 2.85. The molecule has 0 aliphatic rings. The van der Waals surface area contributed by atoms with Crippen molar-refractivity contribution in [3.05, 3.63) is 52.3 Å². The Kier molecular flexibility index (Phi) is 5.34. The van der Waals surface area contributed by atoms with Crippen LogP contribution in [0.3, 0.4) is 0 Å². The third kappa shape index (κ3) is 4.16. The maximum absolute atomic E-state index is 10.2. The van der Waals surface area contributed by atoms with E-state index in [2.05, 4.69) is 33.3 Å². The molecule has 1 aromatic heterocycles. The van der Waals surface area contributed by atoms with Crippen molar-refractivity contribution in [1.29, 1.82) is 0 Å². The topological polar surface area (TPSA) is 50.1 Å². The Balaban J connectivity index is 1.84. The second-order valence-corrected chi connectivity index (χ2v) is 5.98. The van der Waals surface area contributed by atoms with Crippen molar-refractivity contribution in [3.8, 4) is 0 Å². The van der Waals surface area contributed by atoms with Crippen LogP contribution in [0.5, 0.6) is 0 Å². The van der Waals surface area contributed by atoms with Crippen LogP contribution in [0.2, 0.25) is 0 Å². The van der Waals surface area contributed by atoms with Gasteiger partial charge in [-0.3, -0.25) is 4.68 Å². The van der Waals surface area contributed by atoms with Crippen LogP contribution >= 0.6 is 15.9 Å². The van der Waals surface area contributed by atoms with Gasteiger partial charge in [0.2, 0.25) is 0 Å². The summed E-state index contributed by atoms with van der Waals surface area (Å²) in [6.07, 6.45) is 3.23. The third-order valence-electron chi connectivity index (χ3n) is 3.27. The van der Waals surface area contributed by atoms with E-state index in [1.807, 2.05) is 42.1 Å². The molecular formula is C15H20BrN3O. The first kappa shape index (κ1) is 15.2. The quantitative estimate of drug-likeness (QED) is 0.851. The molecule has 0 spiro atoms. The van der Waals surface area contributed by atoms with Crippen molar-refractivity contribution in [2.24, 2.45) is 0 Å². The number of nitrogens with zero attached hydrogens (tertiary/aromatic N) is 2. The van der Waals surface area contributed by atoms with Crippen molar-refractivity contribution in [2.45, 2.75) is 32.5 Å². The largest absolute Gasteiger partial charge is 0.387 e. The lowest BCUT2D eigenvalue weighted by Crippen LogP contribution is -2.34. The highest BCUT2D eigenvalue weighted by Crippen LogP contribution is 2.16. The predicted molar refractivity (Wildman–Crippen MR) is 83.5 cm³/mol. The summed E-state index contributed by atoms with van der Waals surface area (Å²) >= 11 is 3.38. The van der Waals surface area contributed by atoms with Crippen LogP contribution in [0.1, 0.15) is 24.2 Å². The highest BCUT2D eigenvalue weighted by molar-refractivity contribution is 9.10. The molecule has 20 heavy (non-hydrogen) atoms. The summed E-state index contributed by atoms with van der Waals surface area (Å²) in [5.41, 5.74) is 2.10. The van der Waals surface area contributed by atoms with Crippen LogP contribution in [-0.2, 0) is 6.54 Å². The molecule has 2 unspecified atom stereocenters. The summed E-state index contributed by atoms with van der Waals surface area (Å²) in [5.74, 6) is 0. The molecule has 2 atom stereocenters. The SMILES string of the molecule is Cc1ccccc1C(O)CNC(C)Cn1cc(Br)cn1. The number of hydrogen-bond donors (Lipinski definition) is 2. The smallest absolute Gasteiger partial charge is 0.0917 e. The number of aliphatic hydroxyl groups excluding tert-OH is 1. The average molecular weight is 338 g/mol. The van der Waals surface area contributed by atoms with E-state index in [1.54, 1.807) is 6.20 Å². The molecular weight excluding hydrogens is 318 g/mol. The molecule has 0 bridgehead atoms. The Hall–Kier alpha value is -1.17. The fourth-order valence-electron chi connectivity index (χ4n) is 2.17. The standard InChI is InChI=1S/C15H20BrN3O/c1-11-5-3-4-6-14(11)15(20)8-17-12(2)9-19-10-13(16)7-18-19/h3-7,10,12,15,17,20H,8-9H2,1-2H3. The van der Waals surface area contributed by atoms with Gasteiger partial charge < -0.3 is 10.4 Å². The highest BCUT2D eigenvalue weighted by atomic mass is 79.9. The minimum Gasteiger partial charge on any atom is -0.387 e. The summed E-state index contributed by atoms with van der Waals surface area (Å²) in [6.45, 7) is 5.41. The molecule has 2 aromatic rings. The number of aromatic nitrogens is 2. The van der Waals surface area contributed by atoms with Crippen molar-refractivity contribution in [3.63, 3.8) is 0 Å². The second-order valence-electron chi connectivity index (χ2n) is 5.06. The van der Waals surface area contributed by atoms with Crippen molar-refractivity contribution in [2.75, 3.05) is 6.54 Å². The molecule has 0 radical (unpaired) electrons. The number of aliphatic hydroxyl groups is 1. The predicted octanol–water partition coefficient (Wildman–Crippen LogP) is 2.67. The number of aryl methyl sites for hydroxylation is 1. The molecule has 0 aliphatic heterocycles. The molecule has 1 heterocycles. The van der Waals surface area contributed by atoms with Gasteiger partial charge in [0, 0.05) is 18.8 Å². The van der Waals surface area contributed by atoms with E-state index in [4.69, 9.17) is 0 Å². The Bertz CT molecular complexity index is 556. The lowest BCUT2D eigenvalue weighted by atomic mass is 10.0. The Morgan fingerprint density at radius 2 is 2.15 bits per heavy atom. The minimum absolute atomic E-state index is 0.237. The van der Waals surface area contributed by atoms with Crippen LogP contribution in [0.4, 0.5) is 0 Å². The number of halogens is 1. The van der Waals surface area contributed by atoms with E-state index in [1.165, 1.54) is 0 Å². The highest BCUT2D eigenvalue weighted by Gasteiger charge is 2.11. The molecule has 4 nitrogen and oxygen atoms in total. The molecule has 0 fully saturated rings. The maximum atomic E-state index is 10.2. The van der Waals surface area contributed by atoms with Gasteiger partial charge in [0.05, 0.1) is 23.3 Å². The fourth-order valence-corrected chi connectivity index (χ4v) is 2.49. The van der Waals surface area contributed by atoms with E-state index in [-0.39, 0.29) is 6.04 Å². The Labute approximate surface area is 127 Å². The molecule has 0 amide bonds. The minimum atomic E-state index is -0.483. The van der Waals surface area contributed by atoms with Crippen molar-refractivity contribution >= 4 is 15.9 Å². The molecule has 2 N–H and O–H groups in total. The first-order chi connectivity index (χ1) is 9.56. The van der Waals surface area contributed by atoms with Crippen molar-refractivity contribution < 1.29 is 5.11 Å². The summed E-state index contributed by atoms with van der Waals surface area (Å²) in [7, 11) is 0. The van der Waals surface area contributed by atoms with Crippen LogP contribution in [-0.4, -0.2) is 27.5 Å². The molecule has 2 rings (SSSR count). The number of rotatable bonds is 6. The second kappa shape index (κ2) is 7.02. The first-order valence-electron chi connectivity index (χ1n) is 6.71.